The maximum Gasteiger partial charge on any atom is 0.255 e. The van der Waals surface area contributed by atoms with Crippen LogP contribution in [0.15, 0.2) is 42.7 Å². The van der Waals surface area contributed by atoms with Crippen molar-refractivity contribution in [2.24, 2.45) is 7.05 Å². The van der Waals surface area contributed by atoms with E-state index >= 15 is 0 Å². The smallest absolute Gasteiger partial charge is 0.255 e. The molecule has 29 heavy (non-hydrogen) atoms. The molecular weight excluding hydrogens is 390 g/mol. The highest BCUT2D eigenvalue weighted by Crippen LogP contribution is 2.19. The first-order valence-corrected chi connectivity index (χ1v) is 10.1. The molecule has 8 heteroatoms. The quantitative estimate of drug-likeness (QED) is 0.621. The van der Waals surface area contributed by atoms with Gasteiger partial charge in [-0.3, -0.25) is 19.4 Å². The zero-order chi connectivity index (χ0) is 20.2. The van der Waals surface area contributed by atoms with Crippen LogP contribution in [0.3, 0.4) is 0 Å². The van der Waals surface area contributed by atoms with Crippen LogP contribution in [0.5, 0.6) is 0 Å². The number of amides is 1. The third-order valence-corrected chi connectivity index (χ3v) is 5.43. The van der Waals surface area contributed by atoms with Gasteiger partial charge in [0.25, 0.3) is 5.91 Å². The first-order chi connectivity index (χ1) is 14.1. The van der Waals surface area contributed by atoms with Crippen molar-refractivity contribution < 1.29 is 9.53 Å². The minimum Gasteiger partial charge on any atom is -0.379 e. The summed E-state index contributed by atoms with van der Waals surface area (Å²) in [6.07, 6.45) is 3.39. The van der Waals surface area contributed by atoms with Crippen molar-refractivity contribution in [2.45, 2.75) is 6.54 Å². The van der Waals surface area contributed by atoms with Crippen LogP contribution in [0.1, 0.15) is 16.1 Å². The molecule has 1 amide bonds. The molecule has 3 heterocycles. The average molecular weight is 414 g/mol. The molecule has 0 unspecified atom stereocenters. The summed E-state index contributed by atoms with van der Waals surface area (Å²) in [4.78, 5) is 21.9. The molecule has 1 aliphatic rings. The highest BCUT2D eigenvalue weighted by Gasteiger charge is 2.21. The van der Waals surface area contributed by atoms with Crippen LogP contribution in [-0.4, -0.2) is 69.9 Å². The van der Waals surface area contributed by atoms with Crippen molar-refractivity contribution in [3.8, 4) is 0 Å². The molecule has 0 bridgehead atoms. The first-order valence-electron chi connectivity index (χ1n) is 9.72. The van der Waals surface area contributed by atoms with E-state index in [9.17, 15) is 4.79 Å². The molecule has 0 N–H and O–H groups in total. The molecule has 3 aromatic rings. The summed E-state index contributed by atoms with van der Waals surface area (Å²) < 4.78 is 7.08. The van der Waals surface area contributed by atoms with Crippen LogP contribution >= 0.6 is 11.6 Å². The highest BCUT2D eigenvalue weighted by atomic mass is 35.5. The first kappa shape index (κ1) is 19.8. The predicted molar refractivity (Wildman–Crippen MR) is 112 cm³/mol. The van der Waals surface area contributed by atoms with Crippen LogP contribution < -0.4 is 0 Å². The zero-order valence-corrected chi connectivity index (χ0v) is 17.2. The molecule has 1 aromatic carbocycles. The molecule has 1 fully saturated rings. The largest absolute Gasteiger partial charge is 0.379 e. The Kier molecular flexibility index (Phi) is 6.08. The van der Waals surface area contributed by atoms with E-state index in [1.165, 1.54) is 0 Å². The number of nitrogens with zero attached hydrogens (tertiary/aromatic N) is 5. The molecule has 0 atom stereocenters. The van der Waals surface area contributed by atoms with Gasteiger partial charge in [0, 0.05) is 51.0 Å². The van der Waals surface area contributed by atoms with Gasteiger partial charge in [0.05, 0.1) is 35.9 Å². The van der Waals surface area contributed by atoms with E-state index in [1.807, 2.05) is 37.4 Å². The third kappa shape index (κ3) is 4.75. The van der Waals surface area contributed by atoms with Crippen molar-refractivity contribution >= 4 is 28.4 Å². The Balaban J connectivity index is 1.56. The second kappa shape index (κ2) is 8.90. The van der Waals surface area contributed by atoms with E-state index in [0.717, 1.165) is 43.8 Å². The third-order valence-electron chi connectivity index (χ3n) is 5.11. The number of rotatable bonds is 6. The number of benzene rings is 1. The second-order valence-electron chi connectivity index (χ2n) is 7.19. The van der Waals surface area contributed by atoms with Gasteiger partial charge in [-0.05, 0) is 12.1 Å². The van der Waals surface area contributed by atoms with Crippen molar-refractivity contribution in [1.82, 2.24) is 24.6 Å². The molecule has 0 saturated carbocycles. The lowest BCUT2D eigenvalue weighted by Gasteiger charge is -2.30. The molecular formula is C21H24ClN5O2. The van der Waals surface area contributed by atoms with Gasteiger partial charge in [-0.25, -0.2) is 0 Å². The van der Waals surface area contributed by atoms with Gasteiger partial charge in [0.2, 0.25) is 0 Å². The number of hydrogen-bond donors (Lipinski definition) is 0. The maximum absolute atomic E-state index is 13.3. The number of morpholine rings is 1. The molecule has 2 aromatic heterocycles. The number of halogens is 1. The van der Waals surface area contributed by atoms with Gasteiger partial charge in [-0.15, -0.1) is 0 Å². The Hall–Kier alpha value is -2.48. The molecule has 0 spiro atoms. The van der Waals surface area contributed by atoms with Crippen molar-refractivity contribution in [3.05, 3.63) is 59.0 Å². The molecule has 152 valence electrons. The number of carbonyl (C=O) groups is 1. The van der Waals surface area contributed by atoms with E-state index in [0.29, 0.717) is 29.4 Å². The summed E-state index contributed by atoms with van der Waals surface area (Å²) in [6, 6.07) is 9.68. The van der Waals surface area contributed by atoms with Crippen LogP contribution in [-0.2, 0) is 18.3 Å². The molecule has 4 rings (SSSR count). The SMILES string of the molecule is Cn1cc(Cl)c(CN(CCN2CCOCC2)C(=O)c2cnc3ccccc3c2)n1. The maximum atomic E-state index is 13.3. The Bertz CT molecular complexity index is 1000. The van der Waals surface area contributed by atoms with Gasteiger partial charge >= 0.3 is 0 Å². The highest BCUT2D eigenvalue weighted by molar-refractivity contribution is 6.31. The minimum atomic E-state index is -0.0711. The Labute approximate surface area is 174 Å². The van der Waals surface area contributed by atoms with E-state index in [4.69, 9.17) is 16.3 Å². The molecule has 1 saturated heterocycles. The molecule has 1 aliphatic heterocycles. The lowest BCUT2D eigenvalue weighted by atomic mass is 10.1. The van der Waals surface area contributed by atoms with E-state index in [-0.39, 0.29) is 5.91 Å². The van der Waals surface area contributed by atoms with Gasteiger partial charge in [0.1, 0.15) is 5.69 Å². The number of ether oxygens (including phenoxy) is 1. The van der Waals surface area contributed by atoms with Gasteiger partial charge < -0.3 is 9.64 Å². The number of fused-ring (bicyclic) bond motifs is 1. The van der Waals surface area contributed by atoms with E-state index in [2.05, 4.69) is 15.0 Å². The minimum absolute atomic E-state index is 0.0711. The predicted octanol–water partition coefficient (Wildman–Crippen LogP) is 2.60. The lowest BCUT2D eigenvalue weighted by Crippen LogP contribution is -2.43. The number of carbonyl (C=O) groups excluding carboxylic acids is 1. The normalized spacial score (nSPS) is 15.0. The fourth-order valence-electron chi connectivity index (χ4n) is 3.50. The van der Waals surface area contributed by atoms with Crippen LogP contribution in [0, 0.1) is 0 Å². The number of aryl methyl sites for hydroxylation is 1. The monoisotopic (exact) mass is 413 g/mol. The van der Waals surface area contributed by atoms with Crippen molar-refractivity contribution in [3.63, 3.8) is 0 Å². The number of hydrogen-bond acceptors (Lipinski definition) is 5. The van der Waals surface area contributed by atoms with Crippen LogP contribution in [0.4, 0.5) is 0 Å². The summed E-state index contributed by atoms with van der Waals surface area (Å²) in [5.41, 5.74) is 2.13. The summed E-state index contributed by atoms with van der Waals surface area (Å²) in [6.45, 7) is 4.94. The van der Waals surface area contributed by atoms with Gasteiger partial charge in [0.15, 0.2) is 0 Å². The summed E-state index contributed by atoms with van der Waals surface area (Å²) in [7, 11) is 1.82. The number of para-hydroxylation sites is 1. The fourth-order valence-corrected chi connectivity index (χ4v) is 3.74. The van der Waals surface area contributed by atoms with Gasteiger partial charge in [-0.2, -0.15) is 5.10 Å². The summed E-state index contributed by atoms with van der Waals surface area (Å²) >= 11 is 6.31. The molecule has 0 aliphatic carbocycles. The van der Waals surface area contributed by atoms with Crippen molar-refractivity contribution in [2.75, 3.05) is 39.4 Å². The fraction of sp³-hybridized carbons (Fsp3) is 0.381. The standard InChI is InChI=1S/C21H24ClN5O2/c1-25-14-18(22)20(24-25)15-27(7-6-26-8-10-29-11-9-26)21(28)17-12-16-4-2-3-5-19(16)23-13-17/h2-5,12-14H,6-11,15H2,1H3. The Morgan fingerprint density at radius 1 is 1.28 bits per heavy atom. The topological polar surface area (TPSA) is 63.5 Å². The van der Waals surface area contributed by atoms with Gasteiger partial charge in [-0.1, -0.05) is 29.8 Å². The lowest BCUT2D eigenvalue weighted by molar-refractivity contribution is 0.0319. The van der Waals surface area contributed by atoms with E-state index in [1.54, 1.807) is 22.0 Å². The van der Waals surface area contributed by atoms with Crippen molar-refractivity contribution in [1.29, 1.82) is 0 Å². The Morgan fingerprint density at radius 2 is 2.07 bits per heavy atom. The van der Waals surface area contributed by atoms with Crippen LogP contribution in [0.25, 0.3) is 10.9 Å². The zero-order valence-electron chi connectivity index (χ0n) is 16.4. The average Bonchev–Trinajstić information content (AvgIpc) is 3.07. The number of aromatic nitrogens is 3. The molecule has 7 nitrogen and oxygen atoms in total. The second-order valence-corrected chi connectivity index (χ2v) is 7.60. The Morgan fingerprint density at radius 3 is 2.83 bits per heavy atom. The van der Waals surface area contributed by atoms with E-state index < -0.39 is 0 Å². The molecule has 0 radical (unpaired) electrons. The van der Waals surface area contributed by atoms with Crippen LogP contribution in [0.2, 0.25) is 5.02 Å². The number of pyridine rings is 1. The summed E-state index contributed by atoms with van der Waals surface area (Å²) in [5, 5.41) is 5.92. The summed E-state index contributed by atoms with van der Waals surface area (Å²) in [5.74, 6) is -0.0711.